The Morgan fingerprint density at radius 1 is 0.893 bits per heavy atom. The Balaban J connectivity index is 1.77. The molecule has 0 N–H and O–H groups in total. The number of rotatable bonds is 4. The Kier molecular flexibility index (Phi) is 6.28. The zero-order valence-corrected chi connectivity index (χ0v) is 15.8. The Bertz CT molecular complexity index is 1030. The van der Waals surface area contributed by atoms with Gasteiger partial charge in [0, 0.05) is 5.56 Å². The highest BCUT2D eigenvalue weighted by molar-refractivity contribution is 5.89. The Morgan fingerprint density at radius 2 is 1.61 bits per heavy atom. The van der Waals surface area contributed by atoms with Crippen molar-refractivity contribution < 1.29 is 14.3 Å². The van der Waals surface area contributed by atoms with E-state index in [0.717, 1.165) is 28.0 Å². The number of allylic oxidation sites excluding steroid dienone is 1. The molecule has 3 heteroatoms. The van der Waals surface area contributed by atoms with Crippen molar-refractivity contribution in [3.63, 3.8) is 0 Å². The summed E-state index contributed by atoms with van der Waals surface area (Å²) in [5, 5.41) is 0. The molecule has 0 aliphatic heterocycles. The molecule has 0 saturated heterocycles. The van der Waals surface area contributed by atoms with Crippen LogP contribution in [0.15, 0.2) is 78.9 Å². The molecule has 3 aromatic carbocycles. The van der Waals surface area contributed by atoms with Crippen molar-refractivity contribution in [1.29, 1.82) is 0 Å². The van der Waals surface area contributed by atoms with Crippen LogP contribution in [0, 0.1) is 11.8 Å². The van der Waals surface area contributed by atoms with Gasteiger partial charge in [0.25, 0.3) is 0 Å². The van der Waals surface area contributed by atoms with E-state index < -0.39 is 0 Å². The molecular weight excluding hydrogens is 348 g/mol. The van der Waals surface area contributed by atoms with Crippen molar-refractivity contribution in [3.8, 4) is 28.7 Å². The summed E-state index contributed by atoms with van der Waals surface area (Å²) in [6.07, 6.45) is 3.83. The molecule has 0 aliphatic rings. The van der Waals surface area contributed by atoms with Crippen molar-refractivity contribution >= 4 is 12.0 Å². The van der Waals surface area contributed by atoms with Crippen LogP contribution in [0.1, 0.15) is 21.5 Å². The summed E-state index contributed by atoms with van der Waals surface area (Å²) in [5.74, 6) is 6.59. The predicted molar refractivity (Wildman–Crippen MR) is 112 cm³/mol. The smallest absolute Gasteiger partial charge is 0.337 e. The molecule has 0 heterocycles. The molecule has 0 unspecified atom stereocenters. The van der Waals surface area contributed by atoms with Crippen molar-refractivity contribution in [3.05, 3.63) is 95.6 Å². The molecule has 138 valence electrons. The van der Waals surface area contributed by atoms with Crippen LogP contribution in [-0.4, -0.2) is 20.2 Å². The lowest BCUT2D eigenvalue weighted by atomic mass is 9.99. The lowest BCUT2D eigenvalue weighted by Gasteiger charge is -2.07. The Labute approximate surface area is 165 Å². The van der Waals surface area contributed by atoms with Gasteiger partial charge in [-0.2, -0.15) is 0 Å². The lowest BCUT2D eigenvalue weighted by molar-refractivity contribution is 0.0600. The molecule has 3 rings (SSSR count). The van der Waals surface area contributed by atoms with Crippen LogP contribution in [-0.2, 0) is 4.74 Å². The van der Waals surface area contributed by atoms with E-state index in [1.54, 1.807) is 31.4 Å². The number of ether oxygens (including phenoxy) is 2. The second-order valence-corrected chi connectivity index (χ2v) is 5.99. The van der Waals surface area contributed by atoms with Crippen molar-refractivity contribution in [2.75, 3.05) is 14.2 Å². The standard InChI is InChI=1S/C25H20O3/c1-27-23-17-15-21(16-18-23)24-10-6-5-9-20(24)8-4-3-7-19-11-13-22(14-12-19)25(26)28-2/h4-6,8-18H,1-2H3. The fourth-order valence-corrected chi connectivity index (χ4v) is 2.74. The second kappa shape index (κ2) is 9.25. The van der Waals surface area contributed by atoms with Crippen LogP contribution in [0.25, 0.3) is 17.2 Å². The SMILES string of the molecule is COC(=O)c1ccc(C#CC=Cc2ccccc2-c2ccc(OC)cc2)cc1. The van der Waals surface area contributed by atoms with Crippen LogP contribution >= 0.6 is 0 Å². The molecule has 0 aliphatic carbocycles. The molecule has 0 aromatic heterocycles. The minimum Gasteiger partial charge on any atom is -0.497 e. The molecule has 28 heavy (non-hydrogen) atoms. The van der Waals surface area contributed by atoms with E-state index in [2.05, 4.69) is 24.0 Å². The summed E-state index contributed by atoms with van der Waals surface area (Å²) in [4.78, 5) is 11.5. The number of hydrogen-bond donors (Lipinski definition) is 0. The minimum atomic E-state index is -0.352. The van der Waals surface area contributed by atoms with Gasteiger partial charge in [0.05, 0.1) is 19.8 Å². The van der Waals surface area contributed by atoms with Crippen molar-refractivity contribution in [2.24, 2.45) is 0 Å². The highest BCUT2D eigenvalue weighted by Gasteiger charge is 2.03. The fraction of sp³-hybridized carbons (Fsp3) is 0.0800. The summed E-state index contributed by atoms with van der Waals surface area (Å²) in [5.41, 5.74) is 4.68. The highest BCUT2D eigenvalue weighted by Crippen LogP contribution is 2.26. The number of carbonyl (C=O) groups excluding carboxylic acids is 1. The van der Waals surface area contributed by atoms with E-state index in [1.807, 2.05) is 48.6 Å². The molecule has 0 amide bonds. The predicted octanol–water partition coefficient (Wildman–Crippen LogP) is 5.21. The highest BCUT2D eigenvalue weighted by atomic mass is 16.5. The summed E-state index contributed by atoms with van der Waals surface area (Å²) in [7, 11) is 3.03. The van der Waals surface area contributed by atoms with Gasteiger partial charge in [0.15, 0.2) is 0 Å². The summed E-state index contributed by atoms with van der Waals surface area (Å²) in [6, 6.07) is 23.2. The monoisotopic (exact) mass is 368 g/mol. The Morgan fingerprint density at radius 3 is 2.29 bits per heavy atom. The molecule has 0 bridgehead atoms. The Hall–Kier alpha value is -3.77. The maximum Gasteiger partial charge on any atom is 0.337 e. The average molecular weight is 368 g/mol. The zero-order valence-electron chi connectivity index (χ0n) is 15.8. The summed E-state index contributed by atoms with van der Waals surface area (Å²) < 4.78 is 9.92. The van der Waals surface area contributed by atoms with E-state index in [9.17, 15) is 4.79 Å². The minimum absolute atomic E-state index is 0.352. The van der Waals surface area contributed by atoms with Crippen LogP contribution in [0.2, 0.25) is 0 Å². The molecule has 0 atom stereocenters. The topological polar surface area (TPSA) is 35.5 Å². The average Bonchev–Trinajstić information content (AvgIpc) is 2.77. The summed E-state index contributed by atoms with van der Waals surface area (Å²) in [6.45, 7) is 0. The lowest BCUT2D eigenvalue weighted by Crippen LogP contribution is -2.00. The number of benzene rings is 3. The number of esters is 1. The molecule has 0 radical (unpaired) electrons. The first kappa shape index (κ1) is 19.0. The molecular formula is C25H20O3. The normalized spacial score (nSPS) is 10.2. The van der Waals surface area contributed by atoms with Gasteiger partial charge in [-0.1, -0.05) is 48.2 Å². The van der Waals surface area contributed by atoms with Gasteiger partial charge >= 0.3 is 5.97 Å². The maximum atomic E-state index is 11.5. The maximum absolute atomic E-state index is 11.5. The molecule has 3 aromatic rings. The van der Waals surface area contributed by atoms with Crippen molar-refractivity contribution in [2.45, 2.75) is 0 Å². The van der Waals surface area contributed by atoms with E-state index in [0.29, 0.717) is 5.56 Å². The van der Waals surface area contributed by atoms with Crippen LogP contribution in [0.3, 0.4) is 0 Å². The van der Waals surface area contributed by atoms with Gasteiger partial charge in [-0.15, -0.1) is 0 Å². The molecule has 0 saturated carbocycles. The summed E-state index contributed by atoms with van der Waals surface area (Å²) >= 11 is 0. The third-order valence-corrected chi connectivity index (χ3v) is 4.23. The first-order chi connectivity index (χ1) is 13.7. The zero-order chi connectivity index (χ0) is 19.8. The van der Waals surface area contributed by atoms with Gasteiger partial charge in [0.2, 0.25) is 0 Å². The third kappa shape index (κ3) is 4.69. The molecule has 0 fully saturated rings. The van der Waals surface area contributed by atoms with Gasteiger partial charge < -0.3 is 9.47 Å². The molecule has 3 nitrogen and oxygen atoms in total. The van der Waals surface area contributed by atoms with Crippen LogP contribution < -0.4 is 4.74 Å². The largest absolute Gasteiger partial charge is 0.497 e. The first-order valence-electron chi connectivity index (χ1n) is 8.81. The number of carbonyl (C=O) groups is 1. The first-order valence-corrected chi connectivity index (χ1v) is 8.81. The quantitative estimate of drug-likeness (QED) is 0.468. The van der Waals surface area contributed by atoms with E-state index >= 15 is 0 Å². The fourth-order valence-electron chi connectivity index (χ4n) is 2.74. The van der Waals surface area contributed by atoms with Crippen LogP contribution in [0.5, 0.6) is 5.75 Å². The van der Waals surface area contributed by atoms with E-state index in [4.69, 9.17) is 9.47 Å². The van der Waals surface area contributed by atoms with Gasteiger partial charge in [-0.25, -0.2) is 4.79 Å². The van der Waals surface area contributed by atoms with Crippen LogP contribution in [0.4, 0.5) is 0 Å². The van der Waals surface area contributed by atoms with E-state index in [-0.39, 0.29) is 5.97 Å². The number of methoxy groups -OCH3 is 2. The van der Waals surface area contributed by atoms with Gasteiger partial charge in [-0.3, -0.25) is 0 Å². The third-order valence-electron chi connectivity index (χ3n) is 4.23. The van der Waals surface area contributed by atoms with Crippen molar-refractivity contribution in [1.82, 2.24) is 0 Å². The number of hydrogen-bond acceptors (Lipinski definition) is 3. The second-order valence-electron chi connectivity index (χ2n) is 5.99. The van der Waals surface area contributed by atoms with Gasteiger partial charge in [-0.05, 0) is 65.2 Å². The molecule has 0 spiro atoms. The van der Waals surface area contributed by atoms with E-state index in [1.165, 1.54) is 7.11 Å². The van der Waals surface area contributed by atoms with Gasteiger partial charge in [0.1, 0.15) is 5.75 Å².